The van der Waals surface area contributed by atoms with Gasteiger partial charge in [0, 0.05) is 23.0 Å². The fourth-order valence-corrected chi connectivity index (χ4v) is 2.72. The lowest BCUT2D eigenvalue weighted by Gasteiger charge is -2.29. The van der Waals surface area contributed by atoms with Crippen LogP contribution in [0, 0.1) is 11.6 Å². The molecule has 6 heteroatoms. The van der Waals surface area contributed by atoms with Crippen LogP contribution in [0.3, 0.4) is 0 Å². The molecule has 0 radical (unpaired) electrons. The Morgan fingerprint density at radius 3 is 2.42 bits per heavy atom. The zero-order chi connectivity index (χ0) is 19.5. The van der Waals surface area contributed by atoms with Gasteiger partial charge in [0.05, 0.1) is 0 Å². The van der Waals surface area contributed by atoms with Crippen molar-refractivity contribution in [1.29, 1.82) is 0 Å². The molecule has 1 amide bonds. The van der Waals surface area contributed by atoms with Crippen LogP contribution in [0.2, 0.25) is 5.02 Å². The lowest BCUT2D eigenvalue weighted by Crippen LogP contribution is -2.50. The molecule has 0 aliphatic carbocycles. The summed E-state index contributed by atoms with van der Waals surface area (Å²) in [5.74, 6) is -1.17. The average Bonchev–Trinajstić information content (AvgIpc) is 2.52. The Morgan fingerprint density at radius 2 is 1.81 bits per heavy atom. The number of halogens is 3. The third kappa shape index (κ3) is 5.18. The average molecular weight is 382 g/mol. The molecule has 0 aromatic heterocycles. The highest BCUT2D eigenvalue weighted by Crippen LogP contribution is 2.25. The van der Waals surface area contributed by atoms with Crippen LogP contribution in [0.1, 0.15) is 39.2 Å². The Labute approximate surface area is 157 Å². The fraction of sp³-hybridized carbons (Fsp3) is 0.350. The number of hydrogen-bond acceptors (Lipinski definition) is 2. The maximum atomic E-state index is 13.4. The zero-order valence-electron chi connectivity index (χ0n) is 15.1. The second-order valence-electron chi connectivity index (χ2n) is 6.82. The zero-order valence-corrected chi connectivity index (χ0v) is 15.9. The summed E-state index contributed by atoms with van der Waals surface area (Å²) < 4.78 is 32.5. The molecule has 2 aromatic rings. The summed E-state index contributed by atoms with van der Waals surface area (Å²) in [6.45, 7) is 6.91. The molecular formula is C20H22ClF2NO2. The van der Waals surface area contributed by atoms with E-state index in [2.05, 4.69) is 5.32 Å². The molecule has 2 rings (SSSR count). The van der Waals surface area contributed by atoms with Gasteiger partial charge in [0.1, 0.15) is 17.4 Å². The van der Waals surface area contributed by atoms with Gasteiger partial charge in [-0.05, 0) is 50.6 Å². The van der Waals surface area contributed by atoms with Gasteiger partial charge in [-0.25, -0.2) is 8.78 Å². The second kappa shape index (κ2) is 8.04. The number of hydrogen-bond donors (Lipinski definition) is 1. The molecule has 2 unspecified atom stereocenters. The van der Waals surface area contributed by atoms with E-state index in [1.54, 1.807) is 19.9 Å². The molecule has 0 saturated carbocycles. The minimum atomic E-state index is -1.24. The lowest BCUT2D eigenvalue weighted by atomic mass is 9.93. The number of rotatable bonds is 6. The first kappa shape index (κ1) is 20.2. The Morgan fingerprint density at radius 1 is 1.12 bits per heavy atom. The first-order valence-corrected chi connectivity index (χ1v) is 8.68. The molecule has 2 atom stereocenters. The first-order valence-electron chi connectivity index (χ1n) is 8.30. The molecule has 0 bridgehead atoms. The van der Waals surface area contributed by atoms with Crippen molar-refractivity contribution in [3.05, 3.63) is 64.7 Å². The van der Waals surface area contributed by atoms with E-state index in [-0.39, 0.29) is 34.5 Å². The van der Waals surface area contributed by atoms with Gasteiger partial charge in [-0.1, -0.05) is 30.7 Å². The van der Waals surface area contributed by atoms with Crippen LogP contribution in [0.15, 0.2) is 42.5 Å². The number of carbonyl (C=O) groups is 1. The summed E-state index contributed by atoms with van der Waals surface area (Å²) in [4.78, 5) is 12.6. The minimum Gasteiger partial charge on any atom is -0.478 e. The van der Waals surface area contributed by atoms with Gasteiger partial charge in [-0.3, -0.25) is 4.79 Å². The van der Waals surface area contributed by atoms with Crippen LogP contribution in [-0.2, 0) is 4.79 Å². The van der Waals surface area contributed by atoms with E-state index in [1.807, 2.05) is 19.9 Å². The predicted octanol–water partition coefficient (Wildman–Crippen LogP) is 5.08. The Hall–Kier alpha value is -2.14. The predicted molar refractivity (Wildman–Crippen MR) is 98.5 cm³/mol. The van der Waals surface area contributed by atoms with Gasteiger partial charge in [-0.2, -0.15) is 0 Å². The van der Waals surface area contributed by atoms with Crippen molar-refractivity contribution < 1.29 is 18.3 Å². The Balaban J connectivity index is 2.06. The number of carbonyl (C=O) groups excluding carboxylic acids is 1. The maximum absolute atomic E-state index is 13.4. The minimum absolute atomic E-state index is 0.103. The number of benzene rings is 2. The van der Waals surface area contributed by atoms with Gasteiger partial charge in [0.15, 0.2) is 5.60 Å². The molecule has 2 aromatic carbocycles. The highest BCUT2D eigenvalue weighted by Gasteiger charge is 2.32. The third-order valence-electron chi connectivity index (χ3n) is 4.24. The smallest absolute Gasteiger partial charge is 0.263 e. The number of amides is 1. The molecule has 3 nitrogen and oxygen atoms in total. The highest BCUT2D eigenvalue weighted by molar-refractivity contribution is 6.30. The molecule has 140 valence electrons. The SMILES string of the molecule is CC(NC(=O)C(C)(C)Oc1cc(F)cc(Cl)c1)C(C)c1cccc(F)c1. The number of nitrogens with one attached hydrogen (secondary N) is 1. The molecule has 1 N–H and O–H groups in total. The summed E-state index contributed by atoms with van der Waals surface area (Å²) in [6, 6.07) is 9.78. The molecule has 0 aliphatic heterocycles. The van der Waals surface area contributed by atoms with Crippen molar-refractivity contribution in [2.75, 3.05) is 0 Å². The van der Waals surface area contributed by atoms with Crippen LogP contribution in [0.5, 0.6) is 5.75 Å². The van der Waals surface area contributed by atoms with Crippen molar-refractivity contribution in [2.24, 2.45) is 0 Å². The quantitative estimate of drug-likeness (QED) is 0.757. The Kier molecular flexibility index (Phi) is 6.24. The van der Waals surface area contributed by atoms with Crippen LogP contribution in [0.25, 0.3) is 0 Å². The van der Waals surface area contributed by atoms with Crippen molar-refractivity contribution in [2.45, 2.75) is 45.3 Å². The van der Waals surface area contributed by atoms with E-state index >= 15 is 0 Å². The first-order chi connectivity index (χ1) is 12.1. The van der Waals surface area contributed by atoms with Crippen molar-refractivity contribution in [3.8, 4) is 5.75 Å². The molecule has 0 saturated heterocycles. The number of ether oxygens (including phenoxy) is 1. The molecule has 0 spiro atoms. The van der Waals surface area contributed by atoms with Gasteiger partial charge in [0.2, 0.25) is 0 Å². The highest BCUT2D eigenvalue weighted by atomic mass is 35.5. The van der Waals surface area contributed by atoms with E-state index < -0.39 is 11.4 Å². The molecule has 26 heavy (non-hydrogen) atoms. The van der Waals surface area contributed by atoms with Crippen molar-refractivity contribution in [3.63, 3.8) is 0 Å². The van der Waals surface area contributed by atoms with Crippen LogP contribution >= 0.6 is 11.6 Å². The van der Waals surface area contributed by atoms with Gasteiger partial charge < -0.3 is 10.1 Å². The molecular weight excluding hydrogens is 360 g/mol. The van der Waals surface area contributed by atoms with Crippen molar-refractivity contribution in [1.82, 2.24) is 5.32 Å². The van der Waals surface area contributed by atoms with Gasteiger partial charge in [0.25, 0.3) is 5.91 Å². The summed E-state index contributed by atoms with van der Waals surface area (Å²) >= 11 is 5.81. The summed E-state index contributed by atoms with van der Waals surface area (Å²) in [6.07, 6.45) is 0. The lowest BCUT2D eigenvalue weighted by molar-refractivity contribution is -0.135. The standard InChI is InChI=1S/C20H22ClF2NO2/c1-12(14-6-5-7-16(22)8-14)13(2)24-19(25)20(3,4)26-18-10-15(21)9-17(23)11-18/h5-13H,1-4H3,(H,24,25). The summed E-state index contributed by atoms with van der Waals surface area (Å²) in [5, 5.41) is 3.06. The van der Waals surface area contributed by atoms with E-state index in [9.17, 15) is 13.6 Å². The van der Waals surface area contributed by atoms with E-state index in [0.29, 0.717) is 0 Å². The topological polar surface area (TPSA) is 38.3 Å². The van der Waals surface area contributed by atoms with Crippen molar-refractivity contribution >= 4 is 17.5 Å². The van der Waals surface area contributed by atoms with E-state index in [0.717, 1.165) is 11.6 Å². The normalized spacial score (nSPS) is 13.8. The van der Waals surface area contributed by atoms with Gasteiger partial charge >= 0.3 is 0 Å². The Bertz CT molecular complexity index is 775. The summed E-state index contributed by atoms with van der Waals surface area (Å²) in [7, 11) is 0. The second-order valence-corrected chi connectivity index (χ2v) is 7.26. The van der Waals surface area contributed by atoms with Crippen LogP contribution < -0.4 is 10.1 Å². The molecule has 0 aliphatic rings. The van der Waals surface area contributed by atoms with Gasteiger partial charge in [-0.15, -0.1) is 0 Å². The van der Waals surface area contributed by atoms with E-state index in [4.69, 9.17) is 16.3 Å². The third-order valence-corrected chi connectivity index (χ3v) is 4.46. The fourth-order valence-electron chi connectivity index (χ4n) is 2.51. The molecule has 0 heterocycles. The largest absolute Gasteiger partial charge is 0.478 e. The summed E-state index contributed by atoms with van der Waals surface area (Å²) in [5.41, 5.74) is -0.457. The molecule has 0 fully saturated rings. The maximum Gasteiger partial charge on any atom is 0.263 e. The monoisotopic (exact) mass is 381 g/mol. The van der Waals surface area contributed by atoms with Crippen LogP contribution in [-0.4, -0.2) is 17.6 Å². The van der Waals surface area contributed by atoms with Crippen LogP contribution in [0.4, 0.5) is 8.78 Å². The van der Waals surface area contributed by atoms with E-state index in [1.165, 1.54) is 24.3 Å².